The molecule has 0 aliphatic heterocycles. The molecule has 2 unspecified atom stereocenters. The van der Waals surface area contributed by atoms with Crippen molar-refractivity contribution in [2.75, 3.05) is 6.61 Å². The molecule has 4 nitrogen and oxygen atoms in total. The van der Waals surface area contributed by atoms with Crippen LogP contribution in [0.5, 0.6) is 0 Å². The van der Waals surface area contributed by atoms with E-state index in [1.165, 1.54) is 19.3 Å². The molecule has 0 aromatic rings. The molecule has 0 fully saturated rings. The van der Waals surface area contributed by atoms with Crippen LogP contribution in [0.2, 0.25) is 0 Å². The molecule has 4 heteroatoms. The summed E-state index contributed by atoms with van der Waals surface area (Å²) in [5, 5.41) is 22.6. The van der Waals surface area contributed by atoms with Crippen molar-refractivity contribution >= 4 is 5.91 Å². The van der Waals surface area contributed by atoms with Crippen LogP contribution in [-0.4, -0.2) is 34.9 Å². The predicted molar refractivity (Wildman–Crippen MR) is 206 cm³/mol. The third-order valence-corrected chi connectivity index (χ3v) is 7.20. The lowest BCUT2D eigenvalue weighted by Gasteiger charge is -2.19. The van der Waals surface area contributed by atoms with E-state index in [1.54, 1.807) is 6.08 Å². The van der Waals surface area contributed by atoms with Gasteiger partial charge in [-0.1, -0.05) is 155 Å². The zero-order valence-electron chi connectivity index (χ0n) is 29.7. The maximum absolute atomic E-state index is 12.2. The molecule has 3 N–H and O–H groups in total. The molecule has 1 amide bonds. The van der Waals surface area contributed by atoms with Gasteiger partial charge in [0.05, 0.1) is 18.8 Å². The summed E-state index contributed by atoms with van der Waals surface area (Å²) in [4.78, 5) is 12.2. The maximum atomic E-state index is 12.2. The SMILES string of the molecule is CC/C=C\C/C=C\C/C=C\C/C=C\C/C=C\C/C=C\C/C=C\C/C=C\C/C=C\CCCC(=O)NC(CO)C(O)/C=C/CCCCCC. The Kier molecular flexibility index (Phi) is 34.7. The fourth-order valence-electron chi connectivity index (χ4n) is 4.41. The molecule has 0 aliphatic carbocycles. The monoisotopic (exact) mass is 646 g/mol. The molecule has 2 atom stereocenters. The molecule has 0 saturated carbocycles. The van der Waals surface area contributed by atoms with Gasteiger partial charge in [0.2, 0.25) is 5.91 Å². The quantitative estimate of drug-likeness (QED) is 0.0538. The first-order chi connectivity index (χ1) is 23.2. The molecule has 0 rings (SSSR count). The molecule has 0 aliphatic rings. The molecule has 0 bridgehead atoms. The van der Waals surface area contributed by atoms with E-state index in [1.807, 2.05) is 6.08 Å². The second kappa shape index (κ2) is 37.2. The number of nitrogens with one attached hydrogen (secondary N) is 1. The van der Waals surface area contributed by atoms with Crippen LogP contribution in [0, 0.1) is 0 Å². The summed E-state index contributed by atoms with van der Waals surface area (Å²) >= 11 is 0. The summed E-state index contributed by atoms with van der Waals surface area (Å²) in [6.45, 7) is 4.06. The number of carbonyl (C=O) groups excluding carboxylic acids is 1. The summed E-state index contributed by atoms with van der Waals surface area (Å²) in [6, 6.07) is -0.658. The molecule has 0 aromatic carbocycles. The number of allylic oxidation sites excluding steroid dienone is 19. The number of unbranched alkanes of at least 4 members (excludes halogenated alkanes) is 5. The van der Waals surface area contributed by atoms with E-state index in [0.717, 1.165) is 83.5 Å². The highest BCUT2D eigenvalue weighted by Gasteiger charge is 2.17. The van der Waals surface area contributed by atoms with Gasteiger partial charge in [-0.3, -0.25) is 4.79 Å². The number of hydrogen-bond acceptors (Lipinski definition) is 3. The first kappa shape index (κ1) is 43.8. The molecule has 0 spiro atoms. The summed E-state index contributed by atoms with van der Waals surface area (Å²) in [6.07, 6.45) is 58.8. The highest BCUT2D eigenvalue weighted by molar-refractivity contribution is 5.76. The fraction of sp³-hybridized carbons (Fsp3) is 0.512. The maximum Gasteiger partial charge on any atom is 0.220 e. The topological polar surface area (TPSA) is 69.6 Å². The molecule has 0 heterocycles. The van der Waals surface area contributed by atoms with Crippen LogP contribution in [0.4, 0.5) is 0 Å². The number of carbonyl (C=O) groups is 1. The van der Waals surface area contributed by atoms with E-state index in [4.69, 9.17) is 0 Å². The lowest BCUT2D eigenvalue weighted by atomic mass is 10.1. The lowest BCUT2D eigenvalue weighted by Crippen LogP contribution is -2.45. The second-order valence-electron chi connectivity index (χ2n) is 11.6. The zero-order valence-corrected chi connectivity index (χ0v) is 29.7. The van der Waals surface area contributed by atoms with Crippen molar-refractivity contribution in [3.63, 3.8) is 0 Å². The standard InChI is InChI=1S/C43H67NO3/c1-3-5-7-9-11-12-13-14-15-16-17-18-19-20-21-22-23-24-25-26-27-28-29-30-31-32-33-35-37-39-43(47)44-41(40-45)42(46)38-36-34-10-8-6-4-2/h5,7,11-12,14-15,17-18,20-21,23-24,26-27,29-30,32-33,36,38,41-42,45-46H,3-4,6,8-10,13,16,19,22,25,28,31,34-35,37,39-40H2,1-2H3,(H,44,47)/b7-5-,12-11-,15-14-,18-17-,21-20-,24-23-,27-26-,30-29-,33-32-,38-36+. The highest BCUT2D eigenvalue weighted by atomic mass is 16.3. The van der Waals surface area contributed by atoms with E-state index < -0.39 is 12.1 Å². The van der Waals surface area contributed by atoms with Gasteiger partial charge in [-0.2, -0.15) is 0 Å². The number of hydrogen-bond donors (Lipinski definition) is 3. The number of aliphatic hydroxyl groups excluding tert-OH is 2. The van der Waals surface area contributed by atoms with E-state index >= 15 is 0 Å². The summed E-state index contributed by atoms with van der Waals surface area (Å²) in [5.74, 6) is -0.136. The third kappa shape index (κ3) is 34.0. The van der Waals surface area contributed by atoms with Crippen molar-refractivity contribution in [2.24, 2.45) is 0 Å². The van der Waals surface area contributed by atoms with Crippen molar-refractivity contribution in [1.82, 2.24) is 5.32 Å². The van der Waals surface area contributed by atoms with Gasteiger partial charge in [-0.05, 0) is 83.5 Å². The van der Waals surface area contributed by atoms with E-state index in [9.17, 15) is 15.0 Å². The first-order valence-corrected chi connectivity index (χ1v) is 18.2. The Bertz CT molecular complexity index is 1010. The van der Waals surface area contributed by atoms with E-state index in [-0.39, 0.29) is 12.5 Å². The minimum atomic E-state index is -0.867. The van der Waals surface area contributed by atoms with Crippen LogP contribution in [0.15, 0.2) is 122 Å². The second-order valence-corrected chi connectivity index (χ2v) is 11.6. The third-order valence-electron chi connectivity index (χ3n) is 7.20. The van der Waals surface area contributed by atoms with Gasteiger partial charge in [0, 0.05) is 6.42 Å². The first-order valence-electron chi connectivity index (χ1n) is 18.2. The lowest BCUT2D eigenvalue weighted by molar-refractivity contribution is -0.122. The average Bonchev–Trinajstić information content (AvgIpc) is 3.07. The molecular weight excluding hydrogens is 578 g/mol. The van der Waals surface area contributed by atoms with Gasteiger partial charge in [-0.15, -0.1) is 0 Å². The van der Waals surface area contributed by atoms with Crippen molar-refractivity contribution < 1.29 is 15.0 Å². The Morgan fingerprint density at radius 3 is 1.34 bits per heavy atom. The van der Waals surface area contributed by atoms with Crippen molar-refractivity contribution in [2.45, 2.75) is 135 Å². The largest absolute Gasteiger partial charge is 0.394 e. The summed E-state index contributed by atoms with van der Waals surface area (Å²) in [5.41, 5.74) is 0. The Morgan fingerprint density at radius 2 is 0.936 bits per heavy atom. The van der Waals surface area contributed by atoms with Gasteiger partial charge in [0.15, 0.2) is 0 Å². The van der Waals surface area contributed by atoms with E-state index in [2.05, 4.69) is 129 Å². The normalized spacial score (nSPS) is 14.6. The van der Waals surface area contributed by atoms with Crippen molar-refractivity contribution in [3.05, 3.63) is 122 Å². The Labute approximate surface area is 288 Å². The Hall–Kier alpha value is -3.21. The van der Waals surface area contributed by atoms with Crippen molar-refractivity contribution in [3.8, 4) is 0 Å². The Balaban J connectivity index is 3.80. The van der Waals surface area contributed by atoms with Crippen LogP contribution in [0.3, 0.4) is 0 Å². The molecule has 0 radical (unpaired) electrons. The van der Waals surface area contributed by atoms with Crippen LogP contribution in [0.25, 0.3) is 0 Å². The fourth-order valence-corrected chi connectivity index (χ4v) is 4.41. The van der Waals surface area contributed by atoms with E-state index in [0.29, 0.717) is 6.42 Å². The number of aliphatic hydroxyl groups is 2. The molecular formula is C43H67NO3. The van der Waals surface area contributed by atoms with Crippen molar-refractivity contribution in [1.29, 1.82) is 0 Å². The van der Waals surface area contributed by atoms with Gasteiger partial charge < -0.3 is 15.5 Å². The summed E-state index contributed by atoms with van der Waals surface area (Å²) in [7, 11) is 0. The number of amides is 1. The van der Waals surface area contributed by atoms with Crippen LogP contribution in [0.1, 0.15) is 123 Å². The molecule has 0 saturated heterocycles. The van der Waals surface area contributed by atoms with Crippen LogP contribution >= 0.6 is 0 Å². The smallest absolute Gasteiger partial charge is 0.220 e. The molecule has 47 heavy (non-hydrogen) atoms. The number of rotatable bonds is 30. The zero-order chi connectivity index (χ0) is 34.3. The molecule has 0 aromatic heterocycles. The van der Waals surface area contributed by atoms with Gasteiger partial charge in [0.25, 0.3) is 0 Å². The predicted octanol–water partition coefficient (Wildman–Crippen LogP) is 11.1. The minimum absolute atomic E-state index is 0.136. The van der Waals surface area contributed by atoms with Gasteiger partial charge >= 0.3 is 0 Å². The van der Waals surface area contributed by atoms with Crippen LogP contribution < -0.4 is 5.32 Å². The molecule has 262 valence electrons. The highest BCUT2D eigenvalue weighted by Crippen LogP contribution is 2.06. The minimum Gasteiger partial charge on any atom is -0.394 e. The van der Waals surface area contributed by atoms with Gasteiger partial charge in [-0.25, -0.2) is 0 Å². The van der Waals surface area contributed by atoms with Crippen LogP contribution in [-0.2, 0) is 4.79 Å². The van der Waals surface area contributed by atoms with Gasteiger partial charge in [0.1, 0.15) is 0 Å². The summed E-state index contributed by atoms with van der Waals surface area (Å²) < 4.78 is 0. The average molecular weight is 646 g/mol. The Morgan fingerprint density at radius 1 is 0.532 bits per heavy atom.